The molecule has 0 aromatic heterocycles. The first-order valence-corrected chi connectivity index (χ1v) is 7.63. The minimum atomic E-state index is -0.716. The maximum absolute atomic E-state index is 11.3. The van der Waals surface area contributed by atoms with Gasteiger partial charge < -0.3 is 15.3 Å². The molecular formula is C14H28N4O2. The summed E-state index contributed by atoms with van der Waals surface area (Å²) >= 11 is 0. The molecule has 116 valence electrons. The summed E-state index contributed by atoms with van der Waals surface area (Å²) in [6, 6.07) is 0.0355. The number of likely N-dealkylation sites (N-methyl/N-ethyl adjacent to an activating group) is 1. The molecule has 2 aliphatic rings. The molecule has 1 saturated heterocycles. The molecule has 1 atom stereocenters. The van der Waals surface area contributed by atoms with Crippen LogP contribution in [-0.2, 0) is 4.79 Å². The van der Waals surface area contributed by atoms with Gasteiger partial charge >= 0.3 is 5.97 Å². The van der Waals surface area contributed by atoms with Crippen molar-refractivity contribution in [1.82, 2.24) is 20.0 Å². The average Bonchev–Trinajstić information content (AvgIpc) is 3.21. The van der Waals surface area contributed by atoms with Crippen LogP contribution in [0.2, 0.25) is 0 Å². The zero-order valence-electron chi connectivity index (χ0n) is 12.7. The van der Waals surface area contributed by atoms with Gasteiger partial charge in [0.05, 0.1) is 0 Å². The van der Waals surface area contributed by atoms with Crippen LogP contribution in [0.3, 0.4) is 0 Å². The van der Waals surface area contributed by atoms with Crippen LogP contribution < -0.4 is 5.32 Å². The first kappa shape index (κ1) is 15.7. The number of aliphatic carboxylic acids is 1. The number of piperazine rings is 1. The van der Waals surface area contributed by atoms with Gasteiger partial charge in [-0.2, -0.15) is 0 Å². The molecule has 0 amide bonds. The van der Waals surface area contributed by atoms with E-state index in [2.05, 4.69) is 34.1 Å². The van der Waals surface area contributed by atoms with E-state index in [0.29, 0.717) is 12.6 Å². The monoisotopic (exact) mass is 284 g/mol. The maximum atomic E-state index is 11.3. The summed E-state index contributed by atoms with van der Waals surface area (Å²) in [7, 11) is 4.19. The number of nitrogens with one attached hydrogen (secondary N) is 1. The van der Waals surface area contributed by atoms with E-state index in [1.54, 1.807) is 0 Å². The van der Waals surface area contributed by atoms with Crippen LogP contribution in [0.5, 0.6) is 0 Å². The molecule has 2 fully saturated rings. The fourth-order valence-corrected chi connectivity index (χ4v) is 2.53. The normalized spacial score (nSPS) is 23.1. The van der Waals surface area contributed by atoms with E-state index in [9.17, 15) is 9.90 Å². The van der Waals surface area contributed by atoms with Crippen LogP contribution in [0.1, 0.15) is 12.8 Å². The highest BCUT2D eigenvalue weighted by Gasteiger charge is 2.30. The van der Waals surface area contributed by atoms with Crippen LogP contribution in [0.4, 0.5) is 0 Å². The molecule has 2 rings (SSSR count). The molecule has 1 aliphatic carbocycles. The van der Waals surface area contributed by atoms with Gasteiger partial charge in [0.2, 0.25) is 0 Å². The van der Waals surface area contributed by atoms with Gasteiger partial charge in [-0.05, 0) is 26.9 Å². The van der Waals surface area contributed by atoms with Crippen molar-refractivity contribution in [2.24, 2.45) is 0 Å². The number of hydrogen-bond acceptors (Lipinski definition) is 5. The van der Waals surface area contributed by atoms with Crippen molar-refractivity contribution in [3.05, 3.63) is 0 Å². The summed E-state index contributed by atoms with van der Waals surface area (Å²) in [5.74, 6) is -0.716. The fraction of sp³-hybridized carbons (Fsp3) is 0.929. The van der Waals surface area contributed by atoms with Gasteiger partial charge in [-0.1, -0.05) is 0 Å². The van der Waals surface area contributed by atoms with Crippen molar-refractivity contribution in [2.45, 2.75) is 24.9 Å². The number of carboxylic acid groups (broad SMARTS) is 1. The van der Waals surface area contributed by atoms with E-state index in [1.807, 2.05) is 0 Å². The van der Waals surface area contributed by atoms with E-state index in [-0.39, 0.29) is 0 Å². The zero-order chi connectivity index (χ0) is 14.5. The number of carbonyl (C=O) groups is 1. The number of nitrogens with zero attached hydrogens (tertiary/aromatic N) is 3. The van der Waals surface area contributed by atoms with Gasteiger partial charge in [-0.3, -0.25) is 14.6 Å². The topological polar surface area (TPSA) is 59.0 Å². The second-order valence-electron chi connectivity index (χ2n) is 6.28. The standard InChI is InChI=1S/C14H28N4O2/c1-16(2)5-6-17-7-9-18(10-8-17)11-13(14(19)20)15-12-3-4-12/h12-13,15H,3-11H2,1-2H3,(H,19,20). The Morgan fingerprint density at radius 2 is 1.85 bits per heavy atom. The van der Waals surface area contributed by atoms with E-state index < -0.39 is 12.0 Å². The van der Waals surface area contributed by atoms with Crippen molar-refractivity contribution in [2.75, 3.05) is 59.9 Å². The molecule has 20 heavy (non-hydrogen) atoms. The Kier molecular flexibility index (Phi) is 5.77. The van der Waals surface area contributed by atoms with E-state index in [0.717, 1.165) is 52.1 Å². The Labute approximate surface area is 121 Å². The second kappa shape index (κ2) is 7.36. The number of rotatable bonds is 8. The molecule has 0 radical (unpaired) electrons. The Morgan fingerprint density at radius 3 is 2.35 bits per heavy atom. The van der Waals surface area contributed by atoms with Gasteiger partial charge in [0.1, 0.15) is 6.04 Å². The van der Waals surface area contributed by atoms with Gasteiger partial charge in [-0.25, -0.2) is 0 Å². The van der Waals surface area contributed by atoms with Crippen molar-refractivity contribution in [3.8, 4) is 0 Å². The molecule has 2 N–H and O–H groups in total. The Hall–Kier alpha value is -0.690. The van der Waals surface area contributed by atoms with Gasteiger partial charge in [0, 0.05) is 51.9 Å². The summed E-state index contributed by atoms with van der Waals surface area (Å²) < 4.78 is 0. The smallest absolute Gasteiger partial charge is 0.322 e. The molecule has 1 aliphatic heterocycles. The second-order valence-corrected chi connectivity index (χ2v) is 6.28. The third-order valence-corrected chi connectivity index (χ3v) is 4.08. The lowest BCUT2D eigenvalue weighted by molar-refractivity contribution is -0.140. The molecular weight excluding hydrogens is 256 g/mol. The molecule has 0 aromatic carbocycles. The summed E-state index contributed by atoms with van der Waals surface area (Å²) in [6.45, 7) is 6.86. The lowest BCUT2D eigenvalue weighted by Gasteiger charge is -2.36. The van der Waals surface area contributed by atoms with E-state index in [1.165, 1.54) is 0 Å². The van der Waals surface area contributed by atoms with Crippen LogP contribution >= 0.6 is 0 Å². The molecule has 1 unspecified atom stereocenters. The Bertz CT molecular complexity index is 312. The third-order valence-electron chi connectivity index (χ3n) is 4.08. The lowest BCUT2D eigenvalue weighted by atomic mass is 10.2. The fourth-order valence-electron chi connectivity index (χ4n) is 2.53. The van der Waals surface area contributed by atoms with Crippen LogP contribution in [-0.4, -0.2) is 97.8 Å². The van der Waals surface area contributed by atoms with Crippen LogP contribution in [0.15, 0.2) is 0 Å². The van der Waals surface area contributed by atoms with Crippen molar-refractivity contribution in [1.29, 1.82) is 0 Å². The molecule has 0 aromatic rings. The minimum Gasteiger partial charge on any atom is -0.480 e. The third kappa shape index (κ3) is 5.36. The quantitative estimate of drug-likeness (QED) is 0.619. The highest BCUT2D eigenvalue weighted by molar-refractivity contribution is 5.73. The van der Waals surface area contributed by atoms with Gasteiger partial charge in [0.15, 0.2) is 0 Å². The van der Waals surface area contributed by atoms with Crippen molar-refractivity contribution in [3.63, 3.8) is 0 Å². The predicted octanol–water partition coefficient (Wildman–Crippen LogP) is -0.629. The van der Waals surface area contributed by atoms with Crippen LogP contribution in [0, 0.1) is 0 Å². The van der Waals surface area contributed by atoms with E-state index >= 15 is 0 Å². The largest absolute Gasteiger partial charge is 0.480 e. The Morgan fingerprint density at radius 1 is 1.25 bits per heavy atom. The van der Waals surface area contributed by atoms with Crippen molar-refractivity contribution >= 4 is 5.97 Å². The van der Waals surface area contributed by atoms with Gasteiger partial charge in [-0.15, -0.1) is 0 Å². The Balaban J connectivity index is 1.68. The first-order valence-electron chi connectivity index (χ1n) is 7.63. The summed E-state index contributed by atoms with van der Waals surface area (Å²) in [4.78, 5) is 18.2. The zero-order valence-corrected chi connectivity index (χ0v) is 12.7. The summed E-state index contributed by atoms with van der Waals surface area (Å²) in [6.07, 6.45) is 2.25. The summed E-state index contributed by atoms with van der Waals surface area (Å²) in [5.41, 5.74) is 0. The number of carboxylic acids is 1. The molecule has 0 bridgehead atoms. The van der Waals surface area contributed by atoms with Gasteiger partial charge in [0.25, 0.3) is 0 Å². The molecule has 6 heteroatoms. The SMILES string of the molecule is CN(C)CCN1CCN(CC(NC2CC2)C(=O)O)CC1. The number of hydrogen-bond donors (Lipinski definition) is 2. The lowest BCUT2D eigenvalue weighted by Crippen LogP contribution is -2.53. The first-order chi connectivity index (χ1) is 9.54. The maximum Gasteiger partial charge on any atom is 0.322 e. The molecule has 1 saturated carbocycles. The highest BCUT2D eigenvalue weighted by Crippen LogP contribution is 2.19. The minimum absolute atomic E-state index is 0.407. The molecule has 1 heterocycles. The molecule has 0 spiro atoms. The molecule has 6 nitrogen and oxygen atoms in total. The van der Waals surface area contributed by atoms with E-state index in [4.69, 9.17) is 0 Å². The van der Waals surface area contributed by atoms with Crippen molar-refractivity contribution < 1.29 is 9.90 Å². The summed E-state index contributed by atoms with van der Waals surface area (Å²) in [5, 5.41) is 12.5. The van der Waals surface area contributed by atoms with Crippen LogP contribution in [0.25, 0.3) is 0 Å². The average molecular weight is 284 g/mol. The highest BCUT2D eigenvalue weighted by atomic mass is 16.4. The predicted molar refractivity (Wildman–Crippen MR) is 79.0 cm³/mol.